The van der Waals surface area contributed by atoms with Gasteiger partial charge in [0, 0.05) is 6.54 Å². The van der Waals surface area contributed by atoms with Crippen LogP contribution in [-0.4, -0.2) is 37.6 Å². The summed E-state index contributed by atoms with van der Waals surface area (Å²) in [6.07, 6.45) is 0.980. The Morgan fingerprint density at radius 3 is 2.63 bits per heavy atom. The molecule has 0 bridgehead atoms. The van der Waals surface area contributed by atoms with E-state index in [1.54, 1.807) is 28.8 Å². The van der Waals surface area contributed by atoms with Crippen molar-refractivity contribution in [2.45, 2.75) is 26.4 Å². The number of imidazole rings is 1. The molecule has 14 nitrogen and oxygen atoms in total. The predicted octanol–water partition coefficient (Wildman–Crippen LogP) is 1.34. The molecule has 1 aromatic carbocycles. The smallest absolute Gasteiger partial charge is 0.393 e. The number of aromatic nitrogens is 4. The van der Waals surface area contributed by atoms with E-state index < -0.39 is 38.5 Å². The van der Waals surface area contributed by atoms with Crippen molar-refractivity contribution in [3.8, 4) is 0 Å². The summed E-state index contributed by atoms with van der Waals surface area (Å²) in [5.41, 5.74) is 6.28. The highest BCUT2D eigenvalue weighted by Crippen LogP contribution is 2.49. The molecule has 4 rings (SSSR count). The van der Waals surface area contributed by atoms with E-state index in [1.165, 1.54) is 6.33 Å². The molecule has 0 aliphatic rings. The van der Waals surface area contributed by atoms with Crippen LogP contribution in [0, 0.1) is 0 Å². The van der Waals surface area contributed by atoms with Crippen LogP contribution in [0.5, 0.6) is 0 Å². The van der Waals surface area contributed by atoms with Crippen LogP contribution in [0.3, 0.4) is 0 Å². The van der Waals surface area contributed by atoms with Crippen LogP contribution >= 0.6 is 7.60 Å². The number of H-pyrrole nitrogens is 1. The molecule has 0 aliphatic heterocycles. The van der Waals surface area contributed by atoms with Gasteiger partial charge >= 0.3 is 13.4 Å². The number of nitrogens with one attached hydrogen (secondary N) is 1. The maximum absolute atomic E-state index is 13.4. The van der Waals surface area contributed by atoms with E-state index in [2.05, 4.69) is 19.4 Å². The third-order valence-electron chi connectivity index (χ3n) is 4.75. The number of ether oxygens (including phenoxy) is 1. The van der Waals surface area contributed by atoms with Gasteiger partial charge in [-0.2, -0.15) is 4.98 Å². The molecule has 0 saturated heterocycles. The van der Waals surface area contributed by atoms with Crippen LogP contribution in [0.4, 0.5) is 5.95 Å². The van der Waals surface area contributed by atoms with Crippen LogP contribution in [-0.2, 0) is 44.7 Å². The summed E-state index contributed by atoms with van der Waals surface area (Å²) < 4.78 is 41.0. The van der Waals surface area contributed by atoms with Crippen LogP contribution in [0.2, 0.25) is 0 Å². The molecule has 0 fully saturated rings. The van der Waals surface area contributed by atoms with E-state index in [9.17, 15) is 19.3 Å². The molecule has 0 spiro atoms. The van der Waals surface area contributed by atoms with Gasteiger partial charge in [-0.3, -0.25) is 18.9 Å². The number of nitrogen functional groups attached to an aromatic ring is 1. The normalized spacial score (nSPS) is 13.3. The maximum atomic E-state index is 13.4. The van der Waals surface area contributed by atoms with Crippen LogP contribution < -0.4 is 17.1 Å². The van der Waals surface area contributed by atoms with Crippen LogP contribution in [0.15, 0.2) is 55.1 Å². The van der Waals surface area contributed by atoms with E-state index in [-0.39, 0.29) is 48.4 Å². The molecule has 1 atom stereocenters. The van der Waals surface area contributed by atoms with Gasteiger partial charge < -0.3 is 33.5 Å². The van der Waals surface area contributed by atoms with Gasteiger partial charge in [-0.1, -0.05) is 30.3 Å². The predicted molar refractivity (Wildman–Crippen MR) is 120 cm³/mol. The number of aromatic amines is 1. The first-order valence-corrected chi connectivity index (χ1v) is 12.0. The van der Waals surface area contributed by atoms with E-state index in [4.69, 9.17) is 23.9 Å². The van der Waals surface area contributed by atoms with E-state index in [1.807, 2.05) is 6.07 Å². The van der Waals surface area contributed by atoms with E-state index in [0.29, 0.717) is 0 Å². The number of anilines is 1. The molecule has 4 aromatic rings. The molecule has 3 heterocycles. The van der Waals surface area contributed by atoms with Gasteiger partial charge in [-0.15, -0.1) is 0 Å². The van der Waals surface area contributed by atoms with Gasteiger partial charge in [-0.05, 0) is 5.56 Å². The molecule has 35 heavy (non-hydrogen) atoms. The number of aliphatic hydroxyl groups is 1. The Balaban J connectivity index is 1.41. The van der Waals surface area contributed by atoms with E-state index in [0.717, 1.165) is 5.56 Å². The average Bonchev–Trinajstić information content (AvgIpc) is 3.43. The van der Waals surface area contributed by atoms with Crippen molar-refractivity contribution >= 4 is 24.7 Å². The SMILES string of the molecule is Nc1nc2c(ncn2CCOCP(=O)(OCc2ccccc2)OCc2oc(=O)oc2CO)c(=O)[nH]1. The standard InChI is InChI=1S/C20H22N5O9P/c21-19-23-17-16(18(27)24-19)22-11-25(17)6-7-30-12-35(29,31-9-13-4-2-1-3-5-13)32-10-15-14(8-26)33-20(28)34-15/h1-5,11,26H,6-10,12H2,(H3,21,23,24,27). The molecule has 1 unspecified atom stereocenters. The summed E-state index contributed by atoms with van der Waals surface area (Å²) in [5, 5.41) is 9.27. The second-order valence-corrected chi connectivity index (χ2v) is 9.20. The van der Waals surface area contributed by atoms with Gasteiger partial charge in [0.25, 0.3) is 5.56 Å². The lowest BCUT2D eigenvalue weighted by molar-refractivity contribution is 0.113. The lowest BCUT2D eigenvalue weighted by atomic mass is 10.2. The largest absolute Gasteiger partial charge is 0.519 e. The second-order valence-electron chi connectivity index (χ2n) is 7.20. The highest BCUT2D eigenvalue weighted by molar-refractivity contribution is 7.53. The summed E-state index contributed by atoms with van der Waals surface area (Å²) >= 11 is 0. The van der Waals surface area contributed by atoms with Gasteiger partial charge in [-0.25, -0.2) is 9.78 Å². The fraction of sp³-hybridized carbons (Fsp3) is 0.300. The molecule has 3 aromatic heterocycles. The topological polar surface area (TPSA) is 198 Å². The van der Waals surface area contributed by atoms with Crippen molar-refractivity contribution in [2.75, 3.05) is 18.7 Å². The highest BCUT2D eigenvalue weighted by Gasteiger charge is 2.27. The van der Waals surface area contributed by atoms with Crippen molar-refractivity contribution in [1.82, 2.24) is 19.5 Å². The molecular weight excluding hydrogens is 485 g/mol. The summed E-state index contributed by atoms with van der Waals surface area (Å²) in [5.74, 6) is -1.32. The average molecular weight is 507 g/mol. The quantitative estimate of drug-likeness (QED) is 0.184. The van der Waals surface area contributed by atoms with Crippen molar-refractivity contribution in [3.05, 3.63) is 74.7 Å². The highest BCUT2D eigenvalue weighted by atomic mass is 31.2. The third kappa shape index (κ3) is 6.12. The zero-order valence-electron chi connectivity index (χ0n) is 18.3. The minimum absolute atomic E-state index is 0.0260. The van der Waals surface area contributed by atoms with Gasteiger partial charge in [0.05, 0.1) is 19.5 Å². The zero-order chi connectivity index (χ0) is 24.8. The zero-order valence-corrected chi connectivity index (χ0v) is 19.2. The third-order valence-corrected chi connectivity index (χ3v) is 6.29. The fourth-order valence-corrected chi connectivity index (χ4v) is 4.29. The molecule has 4 N–H and O–H groups in total. The Labute approximate surface area is 196 Å². The number of aliphatic hydroxyl groups excluding tert-OH is 1. The maximum Gasteiger partial charge on any atom is 0.519 e. The number of benzene rings is 1. The summed E-state index contributed by atoms with van der Waals surface area (Å²) in [6.45, 7) is -0.811. The minimum Gasteiger partial charge on any atom is -0.393 e. The van der Waals surface area contributed by atoms with Gasteiger partial charge in [0.15, 0.2) is 22.7 Å². The van der Waals surface area contributed by atoms with Crippen molar-refractivity contribution in [1.29, 1.82) is 0 Å². The number of rotatable bonds is 12. The molecule has 15 heteroatoms. The minimum atomic E-state index is -3.86. The van der Waals surface area contributed by atoms with E-state index >= 15 is 0 Å². The first-order chi connectivity index (χ1) is 16.9. The first kappa shape index (κ1) is 24.6. The number of hydrogen-bond acceptors (Lipinski definition) is 12. The van der Waals surface area contributed by atoms with Crippen molar-refractivity contribution in [2.24, 2.45) is 0 Å². The molecule has 0 amide bonds. The first-order valence-electron chi connectivity index (χ1n) is 10.3. The summed E-state index contributed by atoms with van der Waals surface area (Å²) in [7, 11) is -3.86. The number of hydrogen-bond donors (Lipinski definition) is 3. The molecular formula is C20H22N5O9P. The molecule has 0 saturated carbocycles. The van der Waals surface area contributed by atoms with Gasteiger partial charge in [0.2, 0.25) is 5.95 Å². The molecule has 186 valence electrons. The monoisotopic (exact) mass is 507 g/mol. The van der Waals surface area contributed by atoms with Crippen LogP contribution in [0.1, 0.15) is 17.1 Å². The Kier molecular flexibility index (Phi) is 7.58. The fourth-order valence-electron chi connectivity index (χ4n) is 3.06. The number of nitrogens with zero attached hydrogens (tertiary/aromatic N) is 3. The summed E-state index contributed by atoms with van der Waals surface area (Å²) in [4.78, 5) is 33.6. The Morgan fingerprint density at radius 2 is 1.86 bits per heavy atom. The lowest BCUT2D eigenvalue weighted by Crippen LogP contribution is -2.13. The Morgan fingerprint density at radius 1 is 1.11 bits per heavy atom. The number of nitrogens with two attached hydrogens (primary N) is 1. The van der Waals surface area contributed by atoms with Crippen molar-refractivity contribution in [3.63, 3.8) is 0 Å². The number of fused-ring (bicyclic) bond motifs is 1. The van der Waals surface area contributed by atoms with Crippen molar-refractivity contribution < 1.29 is 32.3 Å². The molecule has 0 aliphatic carbocycles. The van der Waals surface area contributed by atoms with Crippen LogP contribution in [0.25, 0.3) is 11.2 Å². The second kappa shape index (κ2) is 10.8. The lowest BCUT2D eigenvalue weighted by Gasteiger charge is -2.18. The van der Waals surface area contributed by atoms with Gasteiger partial charge in [0.1, 0.15) is 19.6 Å². The summed E-state index contributed by atoms with van der Waals surface area (Å²) in [6, 6.07) is 9.01. The molecule has 0 radical (unpaired) electrons. The Hall–Kier alpha value is -3.55. The Bertz CT molecular complexity index is 1440.